The lowest BCUT2D eigenvalue weighted by Gasteiger charge is -2.03. The zero-order valence-electron chi connectivity index (χ0n) is 5.78. The first-order valence-corrected chi connectivity index (χ1v) is 4.25. The summed E-state index contributed by atoms with van der Waals surface area (Å²) < 4.78 is 0. The molecule has 2 nitrogen and oxygen atoms in total. The van der Waals surface area contributed by atoms with E-state index >= 15 is 0 Å². The average molecular weight is 221 g/mol. The number of hydrogen-bond acceptors (Lipinski definition) is 4. The summed E-state index contributed by atoms with van der Waals surface area (Å²) in [4.78, 5) is 11.4. The number of hydrogen-bond donors (Lipinski definition) is 3. The monoisotopic (exact) mass is 220 g/mol. The van der Waals surface area contributed by atoms with Crippen molar-refractivity contribution in [1.29, 1.82) is 0 Å². The maximum atomic E-state index is 10.7. The summed E-state index contributed by atoms with van der Waals surface area (Å²) in [6, 6.07) is 2.94. The Morgan fingerprint density at radius 1 is 1.42 bits per heavy atom. The highest BCUT2D eigenvalue weighted by molar-refractivity contribution is 7.83. The van der Waals surface area contributed by atoms with Crippen LogP contribution in [0.3, 0.4) is 0 Å². The maximum absolute atomic E-state index is 10.7. The van der Waals surface area contributed by atoms with Crippen molar-refractivity contribution in [2.45, 2.75) is 9.79 Å². The molecule has 0 bridgehead atoms. The Morgan fingerprint density at radius 3 is 2.50 bits per heavy atom. The van der Waals surface area contributed by atoms with Crippen LogP contribution in [0.5, 0.6) is 5.75 Å². The first kappa shape index (κ1) is 9.77. The molecule has 12 heavy (non-hydrogen) atoms. The molecular formula is C7H5ClO2S2. The van der Waals surface area contributed by atoms with Gasteiger partial charge in [0.2, 0.25) is 0 Å². The summed E-state index contributed by atoms with van der Waals surface area (Å²) in [5.41, 5.74) is 0.0412. The van der Waals surface area contributed by atoms with E-state index in [2.05, 4.69) is 25.3 Å². The van der Waals surface area contributed by atoms with E-state index in [0.29, 0.717) is 4.90 Å². The van der Waals surface area contributed by atoms with E-state index in [0.717, 1.165) is 0 Å². The molecule has 0 atom stereocenters. The molecule has 0 saturated carbocycles. The van der Waals surface area contributed by atoms with Crippen LogP contribution in [0.1, 0.15) is 10.4 Å². The fourth-order valence-corrected chi connectivity index (χ4v) is 1.26. The van der Waals surface area contributed by atoms with Crippen LogP contribution in [-0.4, -0.2) is 10.3 Å². The second kappa shape index (κ2) is 3.60. The van der Waals surface area contributed by atoms with Gasteiger partial charge < -0.3 is 5.11 Å². The van der Waals surface area contributed by atoms with Crippen molar-refractivity contribution >= 4 is 42.1 Å². The zero-order valence-corrected chi connectivity index (χ0v) is 8.33. The minimum atomic E-state index is -0.712. The van der Waals surface area contributed by atoms with Crippen LogP contribution in [-0.2, 0) is 0 Å². The van der Waals surface area contributed by atoms with E-state index in [1.165, 1.54) is 6.07 Å². The Bertz CT molecular complexity index is 338. The third kappa shape index (κ3) is 1.71. The standard InChI is InChI=1S/C7H5ClO2S2/c8-7(10)3-1-2-4(11)6(12)5(3)9/h1-2,9,11-12H. The number of benzene rings is 1. The molecule has 5 heteroatoms. The molecule has 0 saturated heterocycles. The van der Waals surface area contributed by atoms with Crippen LogP contribution < -0.4 is 0 Å². The number of carbonyl (C=O) groups excluding carboxylic acids is 1. The predicted molar refractivity (Wildman–Crippen MR) is 52.8 cm³/mol. The van der Waals surface area contributed by atoms with Gasteiger partial charge in [-0.2, -0.15) is 0 Å². The summed E-state index contributed by atoms with van der Waals surface area (Å²) >= 11 is 13.1. The van der Waals surface area contributed by atoms with Gasteiger partial charge in [0.05, 0.1) is 10.5 Å². The molecule has 0 heterocycles. The van der Waals surface area contributed by atoms with Gasteiger partial charge in [-0.3, -0.25) is 4.79 Å². The first-order chi connectivity index (χ1) is 5.54. The summed E-state index contributed by atoms with van der Waals surface area (Å²) in [6.07, 6.45) is 0. The highest BCUT2D eigenvalue weighted by Gasteiger charge is 2.12. The Kier molecular flexibility index (Phi) is 2.93. The van der Waals surface area contributed by atoms with Gasteiger partial charge >= 0.3 is 0 Å². The van der Waals surface area contributed by atoms with Crippen molar-refractivity contribution in [2.24, 2.45) is 0 Å². The molecule has 1 N–H and O–H groups in total. The normalized spacial score (nSPS) is 9.92. The minimum absolute atomic E-state index is 0.0412. The smallest absolute Gasteiger partial charge is 0.256 e. The molecule has 1 rings (SSSR count). The Balaban J connectivity index is 3.36. The highest BCUT2D eigenvalue weighted by Crippen LogP contribution is 2.32. The van der Waals surface area contributed by atoms with E-state index in [9.17, 15) is 9.90 Å². The molecule has 0 spiro atoms. The molecule has 0 aliphatic heterocycles. The average Bonchev–Trinajstić information content (AvgIpc) is 2.00. The second-order valence-corrected chi connectivity index (χ2v) is 3.38. The Hall–Kier alpha value is -0.320. The second-order valence-electron chi connectivity index (χ2n) is 2.10. The molecule has 0 aliphatic rings. The number of aromatic hydroxyl groups is 1. The number of phenols is 1. The van der Waals surface area contributed by atoms with Gasteiger partial charge in [0, 0.05) is 4.90 Å². The van der Waals surface area contributed by atoms with E-state index in [1.807, 2.05) is 0 Å². The number of rotatable bonds is 1. The predicted octanol–water partition coefficient (Wildman–Crippen LogP) is 2.35. The summed E-state index contributed by atoms with van der Waals surface area (Å²) in [6.45, 7) is 0. The summed E-state index contributed by atoms with van der Waals surface area (Å²) in [5, 5.41) is 8.61. The SMILES string of the molecule is O=C(Cl)c1ccc(S)c(S)c1O. The molecular weight excluding hydrogens is 216 g/mol. The molecule has 0 unspecified atom stereocenters. The third-order valence-corrected chi connectivity index (χ3v) is 2.55. The maximum Gasteiger partial charge on any atom is 0.256 e. The van der Waals surface area contributed by atoms with E-state index in [4.69, 9.17) is 11.6 Å². The van der Waals surface area contributed by atoms with Gasteiger partial charge in [0.1, 0.15) is 5.75 Å². The molecule has 0 aromatic heterocycles. The van der Waals surface area contributed by atoms with E-state index in [1.54, 1.807) is 6.07 Å². The van der Waals surface area contributed by atoms with Crippen LogP contribution >= 0.6 is 36.9 Å². The summed E-state index contributed by atoms with van der Waals surface area (Å²) in [7, 11) is 0. The summed E-state index contributed by atoms with van der Waals surface area (Å²) in [5.74, 6) is -0.231. The largest absolute Gasteiger partial charge is 0.506 e. The van der Waals surface area contributed by atoms with Gasteiger partial charge in [0.15, 0.2) is 0 Å². The lowest BCUT2D eigenvalue weighted by Crippen LogP contribution is -1.90. The molecule has 0 fully saturated rings. The van der Waals surface area contributed by atoms with Crippen LogP contribution in [0.15, 0.2) is 21.9 Å². The first-order valence-electron chi connectivity index (χ1n) is 2.97. The van der Waals surface area contributed by atoms with Crippen LogP contribution in [0.4, 0.5) is 0 Å². The lowest BCUT2D eigenvalue weighted by atomic mass is 10.2. The van der Waals surface area contributed by atoms with Crippen molar-refractivity contribution in [2.75, 3.05) is 0 Å². The lowest BCUT2D eigenvalue weighted by molar-refractivity contribution is 0.107. The van der Waals surface area contributed by atoms with Crippen molar-refractivity contribution in [3.05, 3.63) is 17.7 Å². The minimum Gasteiger partial charge on any atom is -0.506 e. The molecule has 1 aromatic carbocycles. The van der Waals surface area contributed by atoms with Gasteiger partial charge in [0.25, 0.3) is 5.24 Å². The van der Waals surface area contributed by atoms with Crippen molar-refractivity contribution in [1.82, 2.24) is 0 Å². The number of carbonyl (C=O) groups is 1. The van der Waals surface area contributed by atoms with Crippen LogP contribution in [0.2, 0.25) is 0 Å². The third-order valence-electron chi connectivity index (χ3n) is 1.34. The van der Waals surface area contributed by atoms with E-state index < -0.39 is 5.24 Å². The zero-order chi connectivity index (χ0) is 9.30. The Morgan fingerprint density at radius 2 is 2.00 bits per heavy atom. The Labute approximate surface area is 85.4 Å². The van der Waals surface area contributed by atoms with Gasteiger partial charge in [-0.15, -0.1) is 25.3 Å². The topological polar surface area (TPSA) is 37.3 Å². The molecule has 0 amide bonds. The van der Waals surface area contributed by atoms with Gasteiger partial charge in [-0.25, -0.2) is 0 Å². The van der Waals surface area contributed by atoms with Gasteiger partial charge in [-0.1, -0.05) is 0 Å². The van der Waals surface area contributed by atoms with Crippen LogP contribution in [0, 0.1) is 0 Å². The van der Waals surface area contributed by atoms with Crippen molar-refractivity contribution in [3.8, 4) is 5.75 Å². The van der Waals surface area contributed by atoms with Crippen molar-refractivity contribution in [3.63, 3.8) is 0 Å². The molecule has 1 aromatic rings. The molecule has 0 aliphatic carbocycles. The van der Waals surface area contributed by atoms with Gasteiger partial charge in [-0.05, 0) is 23.7 Å². The van der Waals surface area contributed by atoms with Crippen LogP contribution in [0.25, 0.3) is 0 Å². The van der Waals surface area contributed by atoms with E-state index in [-0.39, 0.29) is 16.2 Å². The molecule has 0 radical (unpaired) electrons. The number of phenolic OH excluding ortho intramolecular Hbond substituents is 1. The number of halogens is 1. The molecule has 64 valence electrons. The quantitative estimate of drug-likeness (QED) is 0.502. The fourth-order valence-electron chi connectivity index (χ4n) is 0.728. The highest BCUT2D eigenvalue weighted by atomic mass is 35.5. The fraction of sp³-hybridized carbons (Fsp3) is 0. The van der Waals surface area contributed by atoms with Crippen molar-refractivity contribution < 1.29 is 9.90 Å². The number of thiol groups is 2.